The Hall–Kier alpha value is -2.33. The highest BCUT2D eigenvalue weighted by Crippen LogP contribution is 2.12. The maximum Gasteiger partial charge on any atom is 0.223 e. The van der Waals surface area contributed by atoms with Crippen LogP contribution in [0.5, 0.6) is 5.75 Å². The summed E-state index contributed by atoms with van der Waals surface area (Å²) in [6, 6.07) is 17.3. The van der Waals surface area contributed by atoms with E-state index < -0.39 is 0 Å². The van der Waals surface area contributed by atoms with Crippen LogP contribution in [0.3, 0.4) is 0 Å². The van der Waals surface area contributed by atoms with Gasteiger partial charge in [0.25, 0.3) is 0 Å². The Morgan fingerprint density at radius 2 is 1.95 bits per heavy atom. The summed E-state index contributed by atoms with van der Waals surface area (Å²) in [7, 11) is 0. The fourth-order valence-electron chi connectivity index (χ4n) is 2.10. The summed E-state index contributed by atoms with van der Waals surface area (Å²) in [5, 5.41) is 2.83. The van der Waals surface area contributed by atoms with Gasteiger partial charge in [-0.15, -0.1) is 0 Å². The molecule has 0 fully saturated rings. The molecule has 116 valence electrons. The number of amides is 1. The van der Waals surface area contributed by atoms with Gasteiger partial charge >= 0.3 is 0 Å². The Bertz CT molecular complexity index is 599. The van der Waals surface area contributed by atoms with E-state index in [1.54, 1.807) is 0 Å². The van der Waals surface area contributed by atoms with Crippen molar-refractivity contribution in [3.8, 4) is 5.75 Å². The second-order valence-electron chi connectivity index (χ2n) is 5.24. The van der Waals surface area contributed by atoms with E-state index in [9.17, 15) is 4.79 Å². The van der Waals surface area contributed by atoms with Crippen molar-refractivity contribution in [2.45, 2.75) is 19.4 Å². The van der Waals surface area contributed by atoms with Crippen LogP contribution in [0.1, 0.15) is 23.6 Å². The zero-order valence-electron chi connectivity index (χ0n) is 12.8. The fraction of sp³-hybridized carbons (Fsp3) is 0.278. The summed E-state index contributed by atoms with van der Waals surface area (Å²) in [4.78, 5) is 11.8. The van der Waals surface area contributed by atoms with Crippen LogP contribution in [-0.4, -0.2) is 19.1 Å². The highest BCUT2D eigenvalue weighted by Gasteiger charge is 2.08. The van der Waals surface area contributed by atoms with Gasteiger partial charge in [-0.3, -0.25) is 4.79 Å². The SMILES string of the molecule is Cc1cccc(OCCC(=O)NCC(N)c2ccccc2)c1. The van der Waals surface area contributed by atoms with Gasteiger partial charge in [-0.1, -0.05) is 42.5 Å². The number of ether oxygens (including phenoxy) is 1. The summed E-state index contributed by atoms with van der Waals surface area (Å²) >= 11 is 0. The van der Waals surface area contributed by atoms with E-state index in [-0.39, 0.29) is 11.9 Å². The Morgan fingerprint density at radius 3 is 2.68 bits per heavy atom. The lowest BCUT2D eigenvalue weighted by molar-refractivity contribution is -0.121. The smallest absolute Gasteiger partial charge is 0.223 e. The molecule has 4 nitrogen and oxygen atoms in total. The second-order valence-corrected chi connectivity index (χ2v) is 5.24. The molecule has 2 aromatic carbocycles. The lowest BCUT2D eigenvalue weighted by atomic mass is 10.1. The van der Waals surface area contributed by atoms with Crippen molar-refractivity contribution in [2.75, 3.05) is 13.2 Å². The van der Waals surface area contributed by atoms with Gasteiger partial charge in [-0.05, 0) is 30.2 Å². The van der Waals surface area contributed by atoms with Gasteiger partial charge in [0.1, 0.15) is 5.75 Å². The summed E-state index contributed by atoms with van der Waals surface area (Å²) < 4.78 is 5.56. The van der Waals surface area contributed by atoms with Gasteiger partial charge in [0, 0.05) is 12.6 Å². The molecule has 1 unspecified atom stereocenters. The summed E-state index contributed by atoms with van der Waals surface area (Å²) in [5.41, 5.74) is 8.18. The summed E-state index contributed by atoms with van der Waals surface area (Å²) in [6.45, 7) is 2.79. The van der Waals surface area contributed by atoms with Crippen molar-refractivity contribution in [3.63, 3.8) is 0 Å². The molecule has 0 aliphatic heterocycles. The zero-order chi connectivity index (χ0) is 15.8. The minimum Gasteiger partial charge on any atom is -0.493 e. The number of nitrogens with two attached hydrogens (primary N) is 1. The number of hydrogen-bond donors (Lipinski definition) is 2. The maximum atomic E-state index is 11.8. The molecule has 0 spiro atoms. The topological polar surface area (TPSA) is 64.3 Å². The average molecular weight is 298 g/mol. The molecule has 2 aromatic rings. The Kier molecular flexibility index (Phi) is 5.98. The first-order valence-corrected chi connectivity index (χ1v) is 7.42. The molecule has 22 heavy (non-hydrogen) atoms. The number of nitrogens with one attached hydrogen (secondary N) is 1. The van der Waals surface area contributed by atoms with Crippen LogP contribution in [0.25, 0.3) is 0 Å². The number of aryl methyl sites for hydroxylation is 1. The molecule has 0 saturated heterocycles. The maximum absolute atomic E-state index is 11.8. The Labute approximate surface area is 131 Å². The van der Waals surface area contributed by atoms with Crippen molar-refractivity contribution in [2.24, 2.45) is 5.73 Å². The van der Waals surface area contributed by atoms with Gasteiger partial charge in [0.2, 0.25) is 5.91 Å². The molecule has 1 atom stereocenters. The number of hydrogen-bond acceptors (Lipinski definition) is 3. The largest absolute Gasteiger partial charge is 0.493 e. The van der Waals surface area contributed by atoms with E-state index in [0.29, 0.717) is 19.6 Å². The van der Waals surface area contributed by atoms with Gasteiger partial charge in [-0.25, -0.2) is 0 Å². The fourth-order valence-corrected chi connectivity index (χ4v) is 2.10. The van der Waals surface area contributed by atoms with Crippen molar-refractivity contribution in [1.29, 1.82) is 0 Å². The molecule has 0 heterocycles. The normalized spacial score (nSPS) is 11.7. The van der Waals surface area contributed by atoms with Crippen molar-refractivity contribution in [3.05, 3.63) is 65.7 Å². The molecule has 0 radical (unpaired) electrons. The number of benzene rings is 2. The zero-order valence-corrected chi connectivity index (χ0v) is 12.8. The Morgan fingerprint density at radius 1 is 1.18 bits per heavy atom. The summed E-state index contributed by atoms with van der Waals surface area (Å²) in [5.74, 6) is 0.729. The van der Waals surface area contributed by atoms with Crippen LogP contribution in [0.4, 0.5) is 0 Å². The summed E-state index contributed by atoms with van der Waals surface area (Å²) in [6.07, 6.45) is 0.315. The quantitative estimate of drug-likeness (QED) is 0.826. The lowest BCUT2D eigenvalue weighted by Crippen LogP contribution is -2.32. The monoisotopic (exact) mass is 298 g/mol. The van der Waals surface area contributed by atoms with Crippen molar-refractivity contribution < 1.29 is 9.53 Å². The van der Waals surface area contributed by atoms with E-state index in [0.717, 1.165) is 16.9 Å². The van der Waals surface area contributed by atoms with E-state index in [4.69, 9.17) is 10.5 Å². The van der Waals surface area contributed by atoms with Crippen LogP contribution in [0.15, 0.2) is 54.6 Å². The first-order chi connectivity index (χ1) is 10.6. The second kappa shape index (κ2) is 8.20. The predicted molar refractivity (Wildman–Crippen MR) is 87.7 cm³/mol. The van der Waals surface area contributed by atoms with E-state index in [2.05, 4.69) is 5.32 Å². The third-order valence-electron chi connectivity index (χ3n) is 3.33. The van der Waals surface area contributed by atoms with E-state index >= 15 is 0 Å². The molecule has 4 heteroatoms. The van der Waals surface area contributed by atoms with Crippen LogP contribution < -0.4 is 15.8 Å². The highest BCUT2D eigenvalue weighted by atomic mass is 16.5. The molecule has 1 amide bonds. The third kappa shape index (κ3) is 5.22. The lowest BCUT2D eigenvalue weighted by Gasteiger charge is -2.13. The van der Waals surface area contributed by atoms with Crippen molar-refractivity contribution in [1.82, 2.24) is 5.32 Å². The molecular weight excluding hydrogens is 276 g/mol. The standard InChI is InChI=1S/C18H22N2O2/c1-14-6-5-9-16(12-14)22-11-10-18(21)20-13-17(19)15-7-3-2-4-8-15/h2-9,12,17H,10-11,13,19H2,1H3,(H,20,21). The van der Waals surface area contributed by atoms with Crippen LogP contribution in [0.2, 0.25) is 0 Å². The minimum absolute atomic E-state index is 0.0564. The highest BCUT2D eigenvalue weighted by molar-refractivity contribution is 5.76. The van der Waals surface area contributed by atoms with Gasteiger partial charge in [-0.2, -0.15) is 0 Å². The molecule has 2 rings (SSSR count). The molecular formula is C18H22N2O2. The molecule has 3 N–H and O–H groups in total. The first kappa shape index (κ1) is 16.0. The van der Waals surface area contributed by atoms with Crippen LogP contribution >= 0.6 is 0 Å². The number of carbonyl (C=O) groups is 1. The van der Waals surface area contributed by atoms with Crippen molar-refractivity contribution >= 4 is 5.91 Å². The van der Waals surface area contributed by atoms with E-state index in [1.807, 2.05) is 61.5 Å². The van der Waals surface area contributed by atoms with Gasteiger partial charge in [0.15, 0.2) is 0 Å². The van der Waals surface area contributed by atoms with E-state index in [1.165, 1.54) is 0 Å². The van der Waals surface area contributed by atoms with Gasteiger partial charge < -0.3 is 15.8 Å². The van der Waals surface area contributed by atoms with Crippen LogP contribution in [-0.2, 0) is 4.79 Å². The van der Waals surface area contributed by atoms with Crippen LogP contribution in [0, 0.1) is 6.92 Å². The predicted octanol–water partition coefficient (Wildman–Crippen LogP) is 2.58. The molecule has 0 aliphatic carbocycles. The molecule has 0 aromatic heterocycles. The Balaban J connectivity index is 1.68. The minimum atomic E-state index is -0.192. The number of carbonyl (C=O) groups excluding carboxylic acids is 1. The average Bonchev–Trinajstić information content (AvgIpc) is 2.53. The molecule has 0 bridgehead atoms. The third-order valence-corrected chi connectivity index (χ3v) is 3.33. The first-order valence-electron chi connectivity index (χ1n) is 7.42. The molecule has 0 aliphatic rings. The molecule has 0 saturated carbocycles. The van der Waals surface area contributed by atoms with Gasteiger partial charge in [0.05, 0.1) is 13.0 Å². The number of rotatable bonds is 7.